The molecule has 0 aromatic heterocycles. The van der Waals surface area contributed by atoms with Gasteiger partial charge in [-0.25, -0.2) is 0 Å². The average molecular weight is 405 g/mol. The van der Waals surface area contributed by atoms with E-state index in [2.05, 4.69) is 25.6 Å². The minimum absolute atomic E-state index is 0.121. The molecule has 0 fully saturated rings. The van der Waals surface area contributed by atoms with Crippen molar-refractivity contribution in [1.82, 2.24) is 4.33 Å². The third-order valence-corrected chi connectivity index (χ3v) is 4.63. The average Bonchev–Trinajstić information content (AvgIpc) is 2.41. The van der Waals surface area contributed by atoms with Crippen molar-refractivity contribution in [3.63, 3.8) is 0 Å². The van der Waals surface area contributed by atoms with Crippen molar-refractivity contribution < 1.29 is 4.79 Å². The second kappa shape index (κ2) is 6.96. The summed E-state index contributed by atoms with van der Waals surface area (Å²) in [5.41, 5.74) is 0.757. The fraction of sp³-hybridized carbons (Fsp3) is 0. The molecule has 0 saturated heterocycles. The Kier molecular flexibility index (Phi) is 5.28. The molecular weight excluding hydrogens is 394 g/mol. The van der Waals surface area contributed by atoms with Gasteiger partial charge >= 0.3 is 131 Å². The molecule has 0 radical (unpaired) electrons. The van der Waals surface area contributed by atoms with E-state index in [1.807, 2.05) is 48.5 Å². The molecule has 0 unspecified atom stereocenters. The summed E-state index contributed by atoms with van der Waals surface area (Å²) in [5.74, 6) is 0. The van der Waals surface area contributed by atoms with Crippen molar-refractivity contribution in [3.05, 3.63) is 58.0 Å². The normalized spacial score (nSPS) is 10.0. The number of carbonyl (C=O) groups is 1. The van der Waals surface area contributed by atoms with E-state index in [4.69, 9.17) is 11.6 Å². The van der Waals surface area contributed by atoms with Gasteiger partial charge in [0.1, 0.15) is 0 Å². The van der Waals surface area contributed by atoms with Gasteiger partial charge in [0.05, 0.1) is 0 Å². The van der Waals surface area contributed by atoms with Gasteiger partial charge in [0, 0.05) is 0 Å². The van der Waals surface area contributed by atoms with Crippen LogP contribution in [-0.4, -0.2) is 21.2 Å². The number of carbonyl (C=O) groups excluding carboxylic acids is 1. The van der Waals surface area contributed by atoms with Crippen LogP contribution < -0.4 is 14.1 Å². The van der Waals surface area contributed by atoms with Gasteiger partial charge in [-0.3, -0.25) is 0 Å². The molecule has 2 aromatic rings. The standard InChI is InChI=1S/C13H10BrClN2OSe/c14-9-1-5-11(6-2-9)16-13(18)17-19-12-7-3-10(15)4-8-12/h1-8H,(H2,16,17,18). The molecule has 0 aliphatic heterocycles. The van der Waals surface area contributed by atoms with E-state index >= 15 is 0 Å². The summed E-state index contributed by atoms with van der Waals surface area (Å²) in [6, 6.07) is 14.6. The monoisotopic (exact) mass is 404 g/mol. The number of anilines is 1. The molecule has 3 nitrogen and oxygen atoms in total. The molecule has 0 atom stereocenters. The molecule has 2 N–H and O–H groups in total. The fourth-order valence-corrected chi connectivity index (χ4v) is 2.81. The van der Waals surface area contributed by atoms with Crippen LogP contribution in [0.2, 0.25) is 5.02 Å². The van der Waals surface area contributed by atoms with Gasteiger partial charge in [0.25, 0.3) is 0 Å². The minimum atomic E-state index is -0.211. The molecule has 0 saturated carbocycles. The molecule has 2 amide bonds. The van der Waals surface area contributed by atoms with Gasteiger partial charge < -0.3 is 0 Å². The summed E-state index contributed by atoms with van der Waals surface area (Å²) in [6.07, 6.45) is 0. The molecule has 98 valence electrons. The number of hydrogen-bond donors (Lipinski definition) is 2. The van der Waals surface area contributed by atoms with Gasteiger partial charge in [-0.05, 0) is 0 Å². The van der Waals surface area contributed by atoms with Gasteiger partial charge in [-0.15, -0.1) is 0 Å². The van der Waals surface area contributed by atoms with Crippen LogP contribution in [0, 0.1) is 0 Å². The van der Waals surface area contributed by atoms with Crippen molar-refractivity contribution in [1.29, 1.82) is 0 Å². The summed E-state index contributed by atoms with van der Waals surface area (Å²) in [6.45, 7) is 0. The molecule has 2 aromatic carbocycles. The first kappa shape index (κ1) is 14.4. The first-order valence-corrected chi connectivity index (χ1v) is 8.27. The van der Waals surface area contributed by atoms with Gasteiger partial charge in [-0.2, -0.15) is 0 Å². The van der Waals surface area contributed by atoms with Crippen molar-refractivity contribution in [2.45, 2.75) is 0 Å². The molecule has 0 spiro atoms. The summed E-state index contributed by atoms with van der Waals surface area (Å²) in [7, 11) is 0. The van der Waals surface area contributed by atoms with Crippen LogP contribution in [0.15, 0.2) is 53.0 Å². The number of halogens is 2. The SMILES string of the molecule is O=C(N[Se]c1ccc(Cl)cc1)Nc1ccc(Br)cc1. The number of urea groups is 1. The predicted molar refractivity (Wildman–Crippen MR) is 83.1 cm³/mol. The molecule has 2 rings (SSSR count). The molecule has 0 aliphatic carbocycles. The van der Waals surface area contributed by atoms with E-state index in [0.717, 1.165) is 14.6 Å². The quantitative estimate of drug-likeness (QED) is 0.758. The molecule has 0 bridgehead atoms. The van der Waals surface area contributed by atoms with Crippen LogP contribution >= 0.6 is 27.5 Å². The van der Waals surface area contributed by atoms with Crippen molar-refractivity contribution in [3.8, 4) is 0 Å². The zero-order valence-corrected chi connectivity index (χ0v) is 13.7. The maximum atomic E-state index is 11.7. The van der Waals surface area contributed by atoms with E-state index in [9.17, 15) is 4.79 Å². The number of hydrogen-bond acceptors (Lipinski definition) is 1. The fourth-order valence-electron chi connectivity index (χ4n) is 1.30. The van der Waals surface area contributed by atoms with Gasteiger partial charge in [-0.1, -0.05) is 0 Å². The first-order valence-electron chi connectivity index (χ1n) is 5.38. The van der Waals surface area contributed by atoms with E-state index in [-0.39, 0.29) is 21.2 Å². The third kappa shape index (κ3) is 4.88. The summed E-state index contributed by atoms with van der Waals surface area (Å²) < 4.78 is 4.87. The van der Waals surface area contributed by atoms with Crippen molar-refractivity contribution in [2.24, 2.45) is 0 Å². The van der Waals surface area contributed by atoms with E-state index in [1.165, 1.54) is 0 Å². The molecule has 19 heavy (non-hydrogen) atoms. The van der Waals surface area contributed by atoms with E-state index in [1.54, 1.807) is 0 Å². The number of nitrogens with one attached hydrogen (secondary N) is 2. The Morgan fingerprint density at radius 2 is 1.68 bits per heavy atom. The zero-order chi connectivity index (χ0) is 13.7. The second-order valence-corrected chi connectivity index (χ2v) is 6.82. The molecule has 0 aliphatic rings. The molecule has 0 heterocycles. The zero-order valence-electron chi connectivity index (χ0n) is 9.69. The van der Waals surface area contributed by atoms with Crippen LogP contribution in [-0.2, 0) is 0 Å². The number of rotatable bonds is 3. The van der Waals surface area contributed by atoms with Crippen LogP contribution in [0.25, 0.3) is 0 Å². The summed E-state index contributed by atoms with van der Waals surface area (Å²) >= 11 is 9.02. The van der Waals surface area contributed by atoms with E-state index < -0.39 is 0 Å². The van der Waals surface area contributed by atoms with Gasteiger partial charge in [0.2, 0.25) is 0 Å². The van der Waals surface area contributed by atoms with Crippen LogP contribution in [0.1, 0.15) is 0 Å². The van der Waals surface area contributed by atoms with Crippen LogP contribution in [0.3, 0.4) is 0 Å². The predicted octanol–water partition coefficient (Wildman–Crippen LogP) is 3.17. The Labute approximate surface area is 131 Å². The molecular formula is C13H10BrClN2OSe. The Bertz CT molecular complexity index is 560. The summed E-state index contributed by atoms with van der Waals surface area (Å²) in [5, 5.41) is 3.46. The van der Waals surface area contributed by atoms with Crippen molar-refractivity contribution >= 4 is 58.9 Å². The Morgan fingerprint density at radius 1 is 1.05 bits per heavy atom. The topological polar surface area (TPSA) is 41.1 Å². The van der Waals surface area contributed by atoms with Crippen LogP contribution in [0.5, 0.6) is 0 Å². The van der Waals surface area contributed by atoms with Gasteiger partial charge in [0.15, 0.2) is 0 Å². The maximum absolute atomic E-state index is 11.7. The summed E-state index contributed by atoms with van der Waals surface area (Å²) in [4.78, 5) is 11.7. The molecule has 6 heteroatoms. The van der Waals surface area contributed by atoms with E-state index in [0.29, 0.717) is 5.02 Å². The second-order valence-electron chi connectivity index (χ2n) is 3.62. The Hall–Kier alpha value is -1.00. The Balaban J connectivity index is 1.84. The Morgan fingerprint density at radius 3 is 2.32 bits per heavy atom. The van der Waals surface area contributed by atoms with Crippen molar-refractivity contribution in [2.75, 3.05) is 5.32 Å². The third-order valence-electron chi connectivity index (χ3n) is 2.18. The first-order chi connectivity index (χ1) is 9.13. The number of amides is 2. The number of benzene rings is 2. The van der Waals surface area contributed by atoms with Crippen LogP contribution in [0.4, 0.5) is 10.5 Å².